The van der Waals surface area contributed by atoms with Crippen molar-refractivity contribution in [2.75, 3.05) is 0 Å². The lowest BCUT2D eigenvalue weighted by molar-refractivity contribution is 0.0747. The van der Waals surface area contributed by atoms with Gasteiger partial charge in [0.25, 0.3) is 0 Å². The van der Waals surface area contributed by atoms with Crippen LogP contribution < -0.4 is 0 Å². The van der Waals surface area contributed by atoms with E-state index < -0.39 is 0 Å². The van der Waals surface area contributed by atoms with E-state index in [2.05, 4.69) is 16.2 Å². The van der Waals surface area contributed by atoms with Crippen molar-refractivity contribution in [3.05, 3.63) is 119 Å². The Morgan fingerprint density at radius 1 is 0.931 bits per heavy atom. The first-order valence-electron chi connectivity index (χ1n) is 9.33. The van der Waals surface area contributed by atoms with Gasteiger partial charge in [0, 0.05) is 5.02 Å². The molecule has 0 amide bonds. The summed E-state index contributed by atoms with van der Waals surface area (Å²) in [5.74, 6) is 0. The zero-order valence-electron chi connectivity index (χ0n) is 15.7. The van der Waals surface area contributed by atoms with Crippen molar-refractivity contribution < 1.29 is 4.74 Å². The molecule has 5 heteroatoms. The monoisotopic (exact) mass is 401 g/mol. The molecule has 0 bridgehead atoms. The number of hydrogen-bond donors (Lipinski definition) is 0. The Balaban J connectivity index is 1.75. The number of hydrogen-bond acceptors (Lipinski definition) is 3. The van der Waals surface area contributed by atoms with Crippen LogP contribution in [-0.4, -0.2) is 14.8 Å². The van der Waals surface area contributed by atoms with Crippen molar-refractivity contribution in [1.29, 1.82) is 0 Å². The van der Waals surface area contributed by atoms with Crippen LogP contribution in [0.25, 0.3) is 11.8 Å². The normalized spacial score (nSPS) is 12.7. The number of rotatable bonds is 7. The zero-order valence-corrected chi connectivity index (χ0v) is 16.5. The Kier molecular flexibility index (Phi) is 6.15. The second-order valence-electron chi connectivity index (χ2n) is 6.51. The molecule has 29 heavy (non-hydrogen) atoms. The van der Waals surface area contributed by atoms with Crippen molar-refractivity contribution in [3.63, 3.8) is 0 Å². The molecule has 1 aromatic heterocycles. The summed E-state index contributed by atoms with van der Waals surface area (Å²) in [6, 6.07) is 27.9. The van der Waals surface area contributed by atoms with Crippen molar-refractivity contribution in [2.24, 2.45) is 0 Å². The second-order valence-corrected chi connectivity index (χ2v) is 6.92. The first-order valence-corrected chi connectivity index (χ1v) is 9.70. The third kappa shape index (κ3) is 4.80. The van der Waals surface area contributed by atoms with Gasteiger partial charge in [-0.15, -0.1) is 0 Å². The first-order chi connectivity index (χ1) is 14.3. The van der Waals surface area contributed by atoms with E-state index in [1.165, 1.54) is 6.33 Å². The Morgan fingerprint density at radius 3 is 2.31 bits per heavy atom. The van der Waals surface area contributed by atoms with Crippen molar-refractivity contribution in [2.45, 2.75) is 12.7 Å². The fourth-order valence-corrected chi connectivity index (χ4v) is 3.28. The van der Waals surface area contributed by atoms with Gasteiger partial charge in [-0.1, -0.05) is 90.5 Å². The van der Waals surface area contributed by atoms with Gasteiger partial charge < -0.3 is 4.74 Å². The smallest absolute Gasteiger partial charge is 0.138 e. The quantitative estimate of drug-likeness (QED) is 0.387. The molecule has 1 atom stereocenters. The average molecular weight is 402 g/mol. The summed E-state index contributed by atoms with van der Waals surface area (Å²) in [6.07, 6.45) is 4.92. The van der Waals surface area contributed by atoms with E-state index in [-0.39, 0.29) is 6.10 Å². The van der Waals surface area contributed by atoms with Gasteiger partial charge in [0.1, 0.15) is 18.8 Å². The largest absolute Gasteiger partial charge is 0.362 e. The average Bonchev–Trinajstić information content (AvgIpc) is 3.30. The summed E-state index contributed by atoms with van der Waals surface area (Å²) in [7, 11) is 0. The number of aromatic nitrogens is 3. The summed E-state index contributed by atoms with van der Waals surface area (Å²) in [6.45, 7) is 0.375. The molecular weight excluding hydrogens is 382 g/mol. The van der Waals surface area contributed by atoms with Gasteiger partial charge >= 0.3 is 0 Å². The molecule has 0 aliphatic carbocycles. The highest BCUT2D eigenvalue weighted by atomic mass is 35.5. The van der Waals surface area contributed by atoms with Crippen LogP contribution in [0.1, 0.15) is 22.8 Å². The molecule has 0 aliphatic rings. The van der Waals surface area contributed by atoms with E-state index in [0.717, 1.165) is 22.4 Å². The van der Waals surface area contributed by atoms with Gasteiger partial charge in [-0.25, -0.2) is 9.67 Å². The molecule has 4 rings (SSSR count). The summed E-state index contributed by atoms with van der Waals surface area (Å²) in [5, 5.41) is 5.05. The van der Waals surface area contributed by atoms with E-state index in [1.807, 2.05) is 84.9 Å². The van der Waals surface area contributed by atoms with E-state index in [0.29, 0.717) is 11.6 Å². The van der Waals surface area contributed by atoms with Gasteiger partial charge in [0.05, 0.1) is 12.3 Å². The Bertz CT molecular complexity index is 1060. The third-order valence-electron chi connectivity index (χ3n) is 4.53. The van der Waals surface area contributed by atoms with Gasteiger partial charge in [-0.2, -0.15) is 5.10 Å². The van der Waals surface area contributed by atoms with E-state index in [4.69, 9.17) is 16.3 Å². The van der Waals surface area contributed by atoms with Crippen LogP contribution in [0.3, 0.4) is 0 Å². The van der Waals surface area contributed by atoms with Gasteiger partial charge in [0.2, 0.25) is 0 Å². The van der Waals surface area contributed by atoms with Crippen LogP contribution in [0.4, 0.5) is 0 Å². The summed E-state index contributed by atoms with van der Waals surface area (Å²) in [4.78, 5) is 4.13. The Labute approximate surface area is 175 Å². The molecule has 1 unspecified atom stereocenters. The SMILES string of the molecule is Clc1ccccc1COC(/C(=C\c1ccccc1)n1cncn1)c1ccccc1. The molecule has 0 spiro atoms. The van der Waals surface area contributed by atoms with E-state index >= 15 is 0 Å². The molecule has 144 valence electrons. The molecule has 0 N–H and O–H groups in total. The van der Waals surface area contributed by atoms with Gasteiger partial charge in [-0.05, 0) is 28.8 Å². The van der Waals surface area contributed by atoms with Crippen molar-refractivity contribution in [3.8, 4) is 0 Å². The van der Waals surface area contributed by atoms with Crippen LogP contribution in [-0.2, 0) is 11.3 Å². The summed E-state index contributed by atoms with van der Waals surface area (Å²) >= 11 is 6.34. The second kappa shape index (κ2) is 9.32. The lowest BCUT2D eigenvalue weighted by Crippen LogP contribution is -2.13. The maximum Gasteiger partial charge on any atom is 0.138 e. The van der Waals surface area contributed by atoms with Crippen LogP contribution in [0.5, 0.6) is 0 Å². The van der Waals surface area contributed by atoms with Crippen LogP contribution in [0, 0.1) is 0 Å². The van der Waals surface area contributed by atoms with E-state index in [9.17, 15) is 0 Å². The number of benzene rings is 3. The molecule has 0 radical (unpaired) electrons. The van der Waals surface area contributed by atoms with E-state index in [1.54, 1.807) is 11.0 Å². The molecule has 4 aromatic rings. The lowest BCUT2D eigenvalue weighted by atomic mass is 10.0. The number of nitrogens with zero attached hydrogens (tertiary/aromatic N) is 3. The van der Waals surface area contributed by atoms with Gasteiger partial charge in [-0.3, -0.25) is 0 Å². The highest BCUT2D eigenvalue weighted by molar-refractivity contribution is 6.31. The van der Waals surface area contributed by atoms with Crippen LogP contribution in [0.15, 0.2) is 97.6 Å². The minimum atomic E-state index is -0.352. The maximum atomic E-state index is 6.41. The Hall–Kier alpha value is -3.21. The third-order valence-corrected chi connectivity index (χ3v) is 4.90. The standard InChI is InChI=1S/C24H20ClN3O/c25-22-14-8-7-13-21(22)16-29-24(20-11-5-2-6-12-20)23(28-18-26-17-27-28)15-19-9-3-1-4-10-19/h1-15,17-18,24H,16H2/b23-15+. The predicted octanol–water partition coefficient (Wildman–Crippen LogP) is 5.89. The molecule has 0 saturated carbocycles. The maximum absolute atomic E-state index is 6.41. The molecular formula is C24H20ClN3O. The summed E-state index contributed by atoms with van der Waals surface area (Å²) in [5.41, 5.74) is 3.89. The minimum Gasteiger partial charge on any atom is -0.362 e. The highest BCUT2D eigenvalue weighted by Crippen LogP contribution is 2.32. The first kappa shape index (κ1) is 19.1. The van der Waals surface area contributed by atoms with Gasteiger partial charge in [0.15, 0.2) is 0 Å². The fourth-order valence-electron chi connectivity index (χ4n) is 3.09. The van der Waals surface area contributed by atoms with Crippen LogP contribution in [0.2, 0.25) is 5.02 Å². The molecule has 0 aliphatic heterocycles. The molecule has 0 saturated heterocycles. The molecule has 0 fully saturated rings. The van der Waals surface area contributed by atoms with Crippen molar-refractivity contribution >= 4 is 23.4 Å². The number of halogens is 1. The Morgan fingerprint density at radius 2 is 1.62 bits per heavy atom. The number of ether oxygens (including phenoxy) is 1. The predicted molar refractivity (Wildman–Crippen MR) is 116 cm³/mol. The molecule has 3 aromatic carbocycles. The zero-order chi connectivity index (χ0) is 19.9. The van der Waals surface area contributed by atoms with Crippen molar-refractivity contribution in [1.82, 2.24) is 14.8 Å². The van der Waals surface area contributed by atoms with Crippen LogP contribution >= 0.6 is 11.6 Å². The highest BCUT2D eigenvalue weighted by Gasteiger charge is 2.21. The summed E-state index contributed by atoms with van der Waals surface area (Å²) < 4.78 is 8.16. The minimum absolute atomic E-state index is 0.352. The molecule has 1 heterocycles. The topological polar surface area (TPSA) is 39.9 Å². The lowest BCUT2D eigenvalue weighted by Gasteiger charge is -2.22. The fraction of sp³-hybridized carbons (Fsp3) is 0.0833. The molecule has 4 nitrogen and oxygen atoms in total.